The minimum Gasteiger partial charge on any atom is -0.289 e. The molecular weight excluding hydrogens is 332 g/mol. The van der Waals surface area contributed by atoms with E-state index in [9.17, 15) is 9.59 Å². The van der Waals surface area contributed by atoms with E-state index < -0.39 is 0 Å². The average molecular weight is 356 g/mol. The highest BCUT2D eigenvalue weighted by Gasteiger charge is 2.36. The number of carbonyl (C=O) groups is 2. The number of allylic oxidation sites excluding steroid dienone is 4. The third kappa shape index (κ3) is 2.90. The van der Waals surface area contributed by atoms with Gasteiger partial charge in [0.15, 0.2) is 11.6 Å². The van der Waals surface area contributed by atoms with E-state index in [4.69, 9.17) is 0 Å². The molecule has 0 atom stereocenters. The lowest BCUT2D eigenvalue weighted by Gasteiger charge is -2.27. The summed E-state index contributed by atoms with van der Waals surface area (Å²) in [6, 6.07) is 12.2. The van der Waals surface area contributed by atoms with E-state index in [2.05, 4.69) is 32.0 Å². The van der Waals surface area contributed by atoms with E-state index in [1.165, 1.54) is 16.7 Å². The molecule has 2 aromatic carbocycles. The van der Waals surface area contributed by atoms with Gasteiger partial charge in [-0.25, -0.2) is 0 Å². The molecule has 2 aliphatic carbocycles. The third-order valence-electron chi connectivity index (χ3n) is 5.90. The van der Waals surface area contributed by atoms with Crippen molar-refractivity contribution in [3.05, 3.63) is 92.1 Å². The van der Waals surface area contributed by atoms with Crippen molar-refractivity contribution < 1.29 is 9.59 Å². The molecular formula is C25H24O2. The molecule has 0 saturated carbocycles. The highest BCUT2D eigenvalue weighted by atomic mass is 16.1. The minimum absolute atomic E-state index is 0.00853. The van der Waals surface area contributed by atoms with Gasteiger partial charge in [0.05, 0.1) is 0 Å². The molecule has 0 saturated heterocycles. The van der Waals surface area contributed by atoms with Gasteiger partial charge in [-0.1, -0.05) is 47.0 Å². The fourth-order valence-corrected chi connectivity index (χ4v) is 4.29. The first kappa shape index (κ1) is 17.7. The van der Waals surface area contributed by atoms with E-state index in [-0.39, 0.29) is 11.6 Å². The van der Waals surface area contributed by atoms with Crippen LogP contribution in [-0.4, -0.2) is 11.6 Å². The Morgan fingerprint density at radius 3 is 2.00 bits per heavy atom. The monoisotopic (exact) mass is 356 g/mol. The predicted molar refractivity (Wildman–Crippen MR) is 108 cm³/mol. The molecule has 0 heterocycles. The summed E-state index contributed by atoms with van der Waals surface area (Å²) in [5.74, 6) is 0.0212. The van der Waals surface area contributed by atoms with Gasteiger partial charge in [0.25, 0.3) is 0 Å². The summed E-state index contributed by atoms with van der Waals surface area (Å²) >= 11 is 0. The molecule has 0 aromatic heterocycles. The zero-order valence-electron chi connectivity index (χ0n) is 16.4. The van der Waals surface area contributed by atoms with Gasteiger partial charge >= 0.3 is 0 Å². The van der Waals surface area contributed by atoms with Crippen LogP contribution in [0, 0.1) is 13.8 Å². The Morgan fingerprint density at radius 1 is 0.741 bits per heavy atom. The number of carbonyl (C=O) groups excluding carboxylic acids is 2. The number of hydrogen-bond acceptors (Lipinski definition) is 2. The molecule has 2 nitrogen and oxygen atoms in total. The van der Waals surface area contributed by atoms with Crippen LogP contribution >= 0.6 is 0 Å². The van der Waals surface area contributed by atoms with Crippen molar-refractivity contribution in [1.29, 1.82) is 0 Å². The smallest absolute Gasteiger partial charge is 0.194 e. The van der Waals surface area contributed by atoms with Gasteiger partial charge in [0, 0.05) is 22.3 Å². The molecule has 2 aliphatic rings. The lowest BCUT2D eigenvalue weighted by atomic mass is 9.74. The lowest BCUT2D eigenvalue weighted by Crippen LogP contribution is -2.26. The number of aryl methyl sites for hydroxylation is 2. The topological polar surface area (TPSA) is 34.1 Å². The fraction of sp³-hybridized carbons (Fsp3) is 0.280. The maximum Gasteiger partial charge on any atom is 0.194 e. The lowest BCUT2D eigenvalue weighted by molar-refractivity contribution is 0.0969. The Bertz CT molecular complexity index is 1060. The average Bonchev–Trinajstić information content (AvgIpc) is 2.64. The first-order valence-corrected chi connectivity index (χ1v) is 9.55. The standard InChI is InChI=1S/C25H24O2/c1-14-5-9-19(17(4)11-14)12-18-8-10-20-21(13-18)25(27)23-16(3)7-6-15(2)22(23)24(20)26/h5,8-11,13H,6-7,12H2,1-4H3. The maximum atomic E-state index is 13.2. The number of hydrogen-bond donors (Lipinski definition) is 0. The zero-order valence-corrected chi connectivity index (χ0v) is 16.4. The van der Waals surface area contributed by atoms with Crippen LogP contribution in [0.4, 0.5) is 0 Å². The van der Waals surface area contributed by atoms with Crippen LogP contribution in [0.5, 0.6) is 0 Å². The molecule has 0 aliphatic heterocycles. The van der Waals surface area contributed by atoms with E-state index in [1.54, 1.807) is 0 Å². The van der Waals surface area contributed by atoms with Gasteiger partial charge in [-0.05, 0) is 69.7 Å². The molecule has 0 unspecified atom stereocenters. The predicted octanol–water partition coefficient (Wildman–Crippen LogP) is 5.70. The second-order valence-corrected chi connectivity index (χ2v) is 7.96. The number of rotatable bonds is 2. The summed E-state index contributed by atoms with van der Waals surface area (Å²) in [4.78, 5) is 26.3. The second-order valence-electron chi connectivity index (χ2n) is 7.96. The van der Waals surface area contributed by atoms with E-state index in [1.807, 2.05) is 32.0 Å². The fourth-order valence-electron chi connectivity index (χ4n) is 4.29. The Hall–Kier alpha value is -2.74. The Morgan fingerprint density at radius 2 is 1.37 bits per heavy atom. The van der Waals surface area contributed by atoms with Crippen molar-refractivity contribution >= 4 is 11.6 Å². The SMILES string of the molecule is CC1=C2C(=O)c3ccc(Cc4ccc(C)cc4C)cc3C(=O)C2=C(C)CC1. The molecule has 136 valence electrons. The molecule has 2 aromatic rings. The van der Waals surface area contributed by atoms with Gasteiger partial charge in [-0.2, -0.15) is 0 Å². The first-order chi connectivity index (χ1) is 12.9. The summed E-state index contributed by atoms with van der Waals surface area (Å²) in [6.07, 6.45) is 2.49. The normalized spacial score (nSPS) is 16.6. The summed E-state index contributed by atoms with van der Waals surface area (Å²) in [7, 11) is 0. The van der Waals surface area contributed by atoms with E-state index in [0.29, 0.717) is 22.3 Å². The molecule has 0 spiro atoms. The van der Waals surface area contributed by atoms with Crippen molar-refractivity contribution in [2.24, 2.45) is 0 Å². The van der Waals surface area contributed by atoms with Gasteiger partial charge in [-0.15, -0.1) is 0 Å². The van der Waals surface area contributed by atoms with Crippen LogP contribution in [0.15, 0.2) is 58.7 Å². The van der Waals surface area contributed by atoms with Gasteiger partial charge < -0.3 is 0 Å². The third-order valence-corrected chi connectivity index (χ3v) is 5.90. The molecule has 2 heteroatoms. The van der Waals surface area contributed by atoms with Crippen LogP contribution in [0.1, 0.15) is 69.7 Å². The molecule has 0 bridgehead atoms. The molecule has 0 fully saturated rings. The molecule has 27 heavy (non-hydrogen) atoms. The molecule has 0 amide bonds. The van der Waals surface area contributed by atoms with Gasteiger partial charge in [0.2, 0.25) is 0 Å². The van der Waals surface area contributed by atoms with Crippen LogP contribution < -0.4 is 0 Å². The summed E-state index contributed by atoms with van der Waals surface area (Å²) in [6.45, 7) is 8.17. The van der Waals surface area contributed by atoms with Crippen LogP contribution in [0.2, 0.25) is 0 Å². The van der Waals surface area contributed by atoms with Crippen LogP contribution in [0.25, 0.3) is 0 Å². The largest absolute Gasteiger partial charge is 0.289 e. The number of Topliss-reactive ketones (excluding diaryl/α,β-unsaturated/α-hetero) is 2. The Labute approximate surface area is 160 Å². The van der Waals surface area contributed by atoms with E-state index in [0.717, 1.165) is 36.0 Å². The second kappa shape index (κ2) is 6.45. The number of benzene rings is 2. The van der Waals surface area contributed by atoms with E-state index >= 15 is 0 Å². The van der Waals surface area contributed by atoms with Gasteiger partial charge in [-0.3, -0.25) is 9.59 Å². The molecule has 4 rings (SSSR count). The van der Waals surface area contributed by atoms with Gasteiger partial charge in [0.1, 0.15) is 0 Å². The Balaban J connectivity index is 1.79. The summed E-state index contributed by atoms with van der Waals surface area (Å²) in [5.41, 5.74) is 9.32. The number of ketones is 2. The summed E-state index contributed by atoms with van der Waals surface area (Å²) in [5, 5.41) is 0. The number of fused-ring (bicyclic) bond motifs is 2. The highest BCUT2D eigenvalue weighted by molar-refractivity contribution is 6.31. The maximum absolute atomic E-state index is 13.2. The minimum atomic E-state index is 0.00853. The zero-order chi connectivity index (χ0) is 19.3. The highest BCUT2D eigenvalue weighted by Crippen LogP contribution is 2.39. The molecule has 0 radical (unpaired) electrons. The van der Waals surface area contributed by atoms with Crippen molar-refractivity contribution in [1.82, 2.24) is 0 Å². The molecule has 0 N–H and O–H groups in total. The van der Waals surface area contributed by atoms with Crippen LogP contribution in [0.3, 0.4) is 0 Å². The van der Waals surface area contributed by atoms with Crippen molar-refractivity contribution in [2.45, 2.75) is 47.0 Å². The Kier molecular flexibility index (Phi) is 4.22. The first-order valence-electron chi connectivity index (χ1n) is 9.55. The summed E-state index contributed by atoms with van der Waals surface area (Å²) < 4.78 is 0. The van der Waals surface area contributed by atoms with Crippen LogP contribution in [-0.2, 0) is 6.42 Å². The van der Waals surface area contributed by atoms with Crippen molar-refractivity contribution in [2.75, 3.05) is 0 Å². The van der Waals surface area contributed by atoms with Crippen molar-refractivity contribution in [3.8, 4) is 0 Å². The quantitative estimate of drug-likeness (QED) is 0.692. The van der Waals surface area contributed by atoms with Crippen molar-refractivity contribution in [3.63, 3.8) is 0 Å².